The van der Waals surface area contributed by atoms with Gasteiger partial charge in [0, 0.05) is 7.11 Å². The molecular weight excluding hydrogens is 336 g/mol. The van der Waals surface area contributed by atoms with Gasteiger partial charge in [0.15, 0.2) is 11.6 Å². The molecule has 2 fully saturated rings. The standard InChI is InChI=1S/C20H36O6/c1-7-8-9-10-11-12-15-18(26-20(4,5)24-15)17(22-14-21-6)16-13-23-19(2,3)25-16/h11-12,15-18H,7-10,13-14H2,1-6H3/b12-11-/t15-,16+,17-,18-/m1/s1. The second kappa shape index (κ2) is 9.62. The zero-order valence-corrected chi connectivity index (χ0v) is 17.2. The summed E-state index contributed by atoms with van der Waals surface area (Å²) in [5.41, 5.74) is 0. The van der Waals surface area contributed by atoms with Crippen LogP contribution in [0.2, 0.25) is 0 Å². The molecule has 2 heterocycles. The maximum absolute atomic E-state index is 6.19. The van der Waals surface area contributed by atoms with Crippen LogP contribution in [0.1, 0.15) is 60.3 Å². The SMILES string of the molecule is CCCCC/C=C\[C@H]1OC(C)(C)O[C@H]1[C@H](OCOC)[C@@H]1COC(C)(C)O1. The third-order valence-electron chi connectivity index (χ3n) is 4.56. The molecule has 2 saturated heterocycles. The zero-order chi connectivity index (χ0) is 19.2. The number of methoxy groups -OCH3 is 1. The summed E-state index contributed by atoms with van der Waals surface area (Å²) in [6.07, 6.45) is 7.90. The van der Waals surface area contributed by atoms with Gasteiger partial charge in [-0.1, -0.05) is 31.9 Å². The summed E-state index contributed by atoms with van der Waals surface area (Å²) >= 11 is 0. The van der Waals surface area contributed by atoms with Gasteiger partial charge in [-0.15, -0.1) is 0 Å². The lowest BCUT2D eigenvalue weighted by Gasteiger charge is -2.30. The maximum atomic E-state index is 6.19. The molecule has 0 amide bonds. The second-order valence-corrected chi connectivity index (χ2v) is 7.89. The van der Waals surface area contributed by atoms with Gasteiger partial charge in [-0.05, 0) is 40.5 Å². The molecule has 0 unspecified atom stereocenters. The number of allylic oxidation sites excluding steroid dienone is 1. The van der Waals surface area contributed by atoms with Gasteiger partial charge >= 0.3 is 0 Å². The van der Waals surface area contributed by atoms with E-state index in [1.54, 1.807) is 7.11 Å². The first-order valence-corrected chi connectivity index (χ1v) is 9.72. The number of unbranched alkanes of at least 4 members (excludes halogenated alkanes) is 3. The highest BCUT2D eigenvalue weighted by molar-refractivity contribution is 5.03. The van der Waals surface area contributed by atoms with E-state index in [0.29, 0.717) is 6.61 Å². The Morgan fingerprint density at radius 1 is 1.08 bits per heavy atom. The van der Waals surface area contributed by atoms with Crippen molar-refractivity contribution in [1.29, 1.82) is 0 Å². The van der Waals surface area contributed by atoms with Crippen molar-refractivity contribution in [2.75, 3.05) is 20.5 Å². The first kappa shape index (κ1) is 21.8. The average molecular weight is 373 g/mol. The van der Waals surface area contributed by atoms with Crippen LogP contribution in [0, 0.1) is 0 Å². The number of hydrogen-bond donors (Lipinski definition) is 0. The van der Waals surface area contributed by atoms with Crippen molar-refractivity contribution in [2.45, 2.75) is 96.3 Å². The van der Waals surface area contributed by atoms with Crippen LogP contribution in [0.3, 0.4) is 0 Å². The quantitative estimate of drug-likeness (QED) is 0.330. The predicted molar refractivity (Wildman–Crippen MR) is 98.8 cm³/mol. The number of ether oxygens (including phenoxy) is 6. The van der Waals surface area contributed by atoms with Gasteiger partial charge in [0.1, 0.15) is 31.2 Å². The smallest absolute Gasteiger partial charge is 0.164 e. The highest BCUT2D eigenvalue weighted by Crippen LogP contribution is 2.36. The average Bonchev–Trinajstić information content (AvgIpc) is 3.07. The van der Waals surface area contributed by atoms with E-state index in [0.717, 1.165) is 6.42 Å². The third kappa shape index (κ3) is 6.29. The molecule has 6 heteroatoms. The van der Waals surface area contributed by atoms with E-state index in [1.165, 1.54) is 19.3 Å². The summed E-state index contributed by atoms with van der Waals surface area (Å²) in [7, 11) is 1.61. The van der Waals surface area contributed by atoms with E-state index in [2.05, 4.69) is 19.1 Å². The number of hydrogen-bond acceptors (Lipinski definition) is 6. The van der Waals surface area contributed by atoms with Gasteiger partial charge in [0.05, 0.1) is 6.61 Å². The minimum absolute atomic E-state index is 0.165. The van der Waals surface area contributed by atoms with Crippen molar-refractivity contribution in [3.8, 4) is 0 Å². The summed E-state index contributed by atoms with van der Waals surface area (Å²) < 4.78 is 35.1. The molecule has 0 aromatic carbocycles. The van der Waals surface area contributed by atoms with E-state index in [-0.39, 0.29) is 31.2 Å². The molecule has 2 rings (SSSR count). The van der Waals surface area contributed by atoms with Crippen molar-refractivity contribution in [3.63, 3.8) is 0 Å². The van der Waals surface area contributed by atoms with Gasteiger partial charge < -0.3 is 28.4 Å². The zero-order valence-electron chi connectivity index (χ0n) is 17.2. The molecule has 0 saturated carbocycles. The van der Waals surface area contributed by atoms with E-state index in [4.69, 9.17) is 28.4 Å². The highest BCUT2D eigenvalue weighted by Gasteiger charge is 2.50. The highest BCUT2D eigenvalue weighted by atomic mass is 16.8. The lowest BCUT2D eigenvalue weighted by atomic mass is 10.0. The van der Waals surface area contributed by atoms with Crippen LogP contribution >= 0.6 is 0 Å². The van der Waals surface area contributed by atoms with E-state index >= 15 is 0 Å². The topological polar surface area (TPSA) is 55.4 Å². The fraction of sp³-hybridized carbons (Fsp3) is 0.900. The lowest BCUT2D eigenvalue weighted by Crippen LogP contribution is -2.46. The van der Waals surface area contributed by atoms with E-state index in [1.807, 2.05) is 27.7 Å². The van der Waals surface area contributed by atoms with Crippen LogP contribution < -0.4 is 0 Å². The van der Waals surface area contributed by atoms with Crippen LogP contribution in [0.4, 0.5) is 0 Å². The van der Waals surface area contributed by atoms with Crippen LogP contribution in [-0.2, 0) is 28.4 Å². The summed E-state index contributed by atoms with van der Waals surface area (Å²) in [6, 6.07) is 0. The van der Waals surface area contributed by atoms with Crippen LogP contribution in [-0.4, -0.2) is 56.5 Å². The van der Waals surface area contributed by atoms with Gasteiger partial charge in [-0.3, -0.25) is 0 Å². The largest absolute Gasteiger partial charge is 0.359 e. The van der Waals surface area contributed by atoms with Gasteiger partial charge in [0.25, 0.3) is 0 Å². The predicted octanol–water partition coefficient (Wildman–Crippen LogP) is 3.78. The molecule has 0 aliphatic carbocycles. The summed E-state index contributed by atoms with van der Waals surface area (Å²) in [4.78, 5) is 0. The molecule has 26 heavy (non-hydrogen) atoms. The first-order chi connectivity index (χ1) is 12.3. The Morgan fingerprint density at radius 3 is 2.46 bits per heavy atom. The summed E-state index contributed by atoms with van der Waals surface area (Å²) in [5.74, 6) is -1.30. The normalized spacial score (nSPS) is 31.7. The monoisotopic (exact) mass is 372 g/mol. The van der Waals surface area contributed by atoms with Gasteiger partial charge in [0.2, 0.25) is 0 Å². The Kier molecular flexibility index (Phi) is 8.07. The van der Waals surface area contributed by atoms with Crippen molar-refractivity contribution in [2.24, 2.45) is 0 Å². The summed E-state index contributed by atoms with van der Waals surface area (Å²) in [5, 5.41) is 0. The van der Waals surface area contributed by atoms with Gasteiger partial charge in [-0.2, -0.15) is 0 Å². The molecule has 0 radical (unpaired) electrons. The Balaban J connectivity index is 2.08. The van der Waals surface area contributed by atoms with Crippen LogP contribution in [0.25, 0.3) is 0 Å². The van der Waals surface area contributed by atoms with Crippen LogP contribution in [0.15, 0.2) is 12.2 Å². The fourth-order valence-electron chi connectivity index (χ4n) is 3.40. The van der Waals surface area contributed by atoms with Crippen molar-refractivity contribution in [3.05, 3.63) is 12.2 Å². The Labute approximate surface area is 158 Å². The van der Waals surface area contributed by atoms with Crippen LogP contribution in [0.5, 0.6) is 0 Å². The molecule has 2 aliphatic rings. The molecule has 0 spiro atoms. The molecule has 0 bridgehead atoms. The fourth-order valence-corrected chi connectivity index (χ4v) is 3.40. The maximum Gasteiger partial charge on any atom is 0.164 e. The Hall–Kier alpha value is -0.500. The molecule has 4 atom stereocenters. The lowest BCUT2D eigenvalue weighted by molar-refractivity contribution is -0.204. The third-order valence-corrected chi connectivity index (χ3v) is 4.56. The van der Waals surface area contributed by atoms with Crippen molar-refractivity contribution in [1.82, 2.24) is 0 Å². The molecule has 6 nitrogen and oxygen atoms in total. The molecule has 152 valence electrons. The number of rotatable bonds is 10. The van der Waals surface area contributed by atoms with E-state index in [9.17, 15) is 0 Å². The molecule has 0 N–H and O–H groups in total. The first-order valence-electron chi connectivity index (χ1n) is 9.72. The minimum atomic E-state index is -0.674. The second-order valence-electron chi connectivity index (χ2n) is 7.89. The molecule has 2 aliphatic heterocycles. The van der Waals surface area contributed by atoms with Gasteiger partial charge in [-0.25, -0.2) is 0 Å². The Bertz CT molecular complexity index is 448. The summed E-state index contributed by atoms with van der Waals surface area (Å²) in [6.45, 7) is 10.5. The van der Waals surface area contributed by atoms with Crippen molar-refractivity contribution < 1.29 is 28.4 Å². The molecule has 0 aromatic heterocycles. The van der Waals surface area contributed by atoms with E-state index < -0.39 is 11.6 Å². The molecular formula is C20H36O6. The van der Waals surface area contributed by atoms with Crippen molar-refractivity contribution >= 4 is 0 Å². The Morgan fingerprint density at radius 2 is 1.85 bits per heavy atom. The molecule has 0 aromatic rings. The minimum Gasteiger partial charge on any atom is -0.359 e.